The Balaban J connectivity index is 0.00000256. The van der Waals surface area contributed by atoms with Crippen LogP contribution in [0.5, 0.6) is 0 Å². The minimum Gasteiger partial charge on any atom is -0.399 e. The molecule has 8 heteroatoms. The van der Waals surface area contributed by atoms with E-state index in [1.165, 1.54) is 10.1 Å². The zero-order valence-corrected chi connectivity index (χ0v) is 18.6. The van der Waals surface area contributed by atoms with E-state index in [-0.39, 0.29) is 18.3 Å². The molecular formula is C22H28ClN5OS. The Bertz CT molecular complexity index is 954. The third kappa shape index (κ3) is 5.41. The van der Waals surface area contributed by atoms with Crippen molar-refractivity contribution < 1.29 is 4.79 Å². The lowest BCUT2D eigenvalue weighted by atomic mass is 10.2. The molecule has 6 nitrogen and oxygen atoms in total. The summed E-state index contributed by atoms with van der Waals surface area (Å²) in [5.74, 6) is 1.10. The van der Waals surface area contributed by atoms with Gasteiger partial charge in [-0.1, -0.05) is 12.1 Å². The summed E-state index contributed by atoms with van der Waals surface area (Å²) < 4.78 is 5.93. The normalized spacial score (nSPS) is 14.5. The molecule has 2 heterocycles. The minimum absolute atomic E-state index is 0. The first-order valence-corrected chi connectivity index (χ1v) is 10.9. The topological polar surface area (TPSA) is 74.5 Å². The lowest BCUT2D eigenvalue weighted by Gasteiger charge is -2.35. The molecule has 160 valence electrons. The number of carbonyl (C=O) groups excluding carboxylic acids is 1. The summed E-state index contributed by atoms with van der Waals surface area (Å²) in [7, 11) is 0. The van der Waals surface area contributed by atoms with Crippen molar-refractivity contribution in [1.29, 1.82) is 0 Å². The van der Waals surface area contributed by atoms with Crippen molar-refractivity contribution in [2.45, 2.75) is 12.8 Å². The van der Waals surface area contributed by atoms with Gasteiger partial charge in [-0.05, 0) is 67.3 Å². The van der Waals surface area contributed by atoms with E-state index in [9.17, 15) is 4.79 Å². The van der Waals surface area contributed by atoms with Gasteiger partial charge in [0.15, 0.2) is 0 Å². The molecule has 1 aliphatic heterocycles. The van der Waals surface area contributed by atoms with Crippen LogP contribution in [0.4, 0.5) is 11.5 Å². The maximum atomic E-state index is 12.1. The second-order valence-electron chi connectivity index (χ2n) is 7.42. The molecule has 3 N–H and O–H groups in total. The summed E-state index contributed by atoms with van der Waals surface area (Å²) in [6.07, 6.45) is 2.07. The van der Waals surface area contributed by atoms with Crippen LogP contribution < -0.4 is 16.0 Å². The van der Waals surface area contributed by atoms with E-state index in [4.69, 9.17) is 5.73 Å². The number of nitrogens with two attached hydrogens (primary N) is 1. The number of nitrogen functional groups attached to an aromatic ring is 1. The van der Waals surface area contributed by atoms with Crippen molar-refractivity contribution in [2.24, 2.45) is 0 Å². The summed E-state index contributed by atoms with van der Waals surface area (Å²) in [4.78, 5) is 17.0. The fraction of sp³-hybridized carbons (Fsp3) is 0.364. The summed E-state index contributed by atoms with van der Waals surface area (Å²) in [5, 5.41) is 4.25. The molecule has 0 atom stereocenters. The van der Waals surface area contributed by atoms with Gasteiger partial charge in [0.2, 0.25) is 0 Å². The van der Waals surface area contributed by atoms with E-state index in [1.54, 1.807) is 35.8 Å². The van der Waals surface area contributed by atoms with E-state index >= 15 is 0 Å². The first kappa shape index (κ1) is 22.3. The van der Waals surface area contributed by atoms with Gasteiger partial charge in [0.25, 0.3) is 5.91 Å². The SMILES string of the molecule is Cl.Nc1ccc(C(=O)NCCCCN2CCN(c3nsc4ccccc34)CC2)cc1. The number of carbonyl (C=O) groups is 1. The number of nitrogens with one attached hydrogen (secondary N) is 1. The zero-order valence-electron chi connectivity index (χ0n) is 16.9. The Morgan fingerprint density at radius 2 is 1.77 bits per heavy atom. The molecule has 0 spiro atoms. The summed E-state index contributed by atoms with van der Waals surface area (Å²) >= 11 is 1.58. The number of halogens is 1. The Hall–Kier alpha value is -2.35. The van der Waals surface area contributed by atoms with E-state index < -0.39 is 0 Å². The maximum Gasteiger partial charge on any atom is 0.251 e. The number of amides is 1. The van der Waals surface area contributed by atoms with Gasteiger partial charge < -0.3 is 16.0 Å². The highest BCUT2D eigenvalue weighted by Gasteiger charge is 2.20. The Labute approximate surface area is 187 Å². The molecule has 0 bridgehead atoms. The molecule has 4 rings (SSSR count). The fourth-order valence-corrected chi connectivity index (χ4v) is 4.48. The fourth-order valence-electron chi connectivity index (χ4n) is 3.68. The zero-order chi connectivity index (χ0) is 20.1. The van der Waals surface area contributed by atoms with Gasteiger partial charge in [-0.15, -0.1) is 12.4 Å². The monoisotopic (exact) mass is 445 g/mol. The van der Waals surface area contributed by atoms with Crippen molar-refractivity contribution in [3.8, 4) is 0 Å². The van der Waals surface area contributed by atoms with Crippen molar-refractivity contribution in [3.05, 3.63) is 54.1 Å². The second kappa shape index (κ2) is 10.6. The Morgan fingerprint density at radius 3 is 2.53 bits per heavy atom. The van der Waals surface area contributed by atoms with E-state index in [2.05, 4.69) is 43.8 Å². The van der Waals surface area contributed by atoms with Gasteiger partial charge in [0.05, 0.1) is 4.70 Å². The molecular weight excluding hydrogens is 418 g/mol. The molecule has 1 saturated heterocycles. The summed E-state index contributed by atoms with van der Waals surface area (Å²) in [5.41, 5.74) is 6.98. The minimum atomic E-state index is -0.0332. The van der Waals surface area contributed by atoms with Crippen LogP contribution in [-0.4, -0.2) is 54.4 Å². The van der Waals surface area contributed by atoms with Gasteiger partial charge in [0.1, 0.15) is 5.82 Å². The number of hydrogen-bond donors (Lipinski definition) is 2. The van der Waals surface area contributed by atoms with Crippen LogP contribution in [0.25, 0.3) is 10.1 Å². The number of nitrogens with zero attached hydrogens (tertiary/aromatic N) is 3. The number of piperazine rings is 1. The summed E-state index contributed by atoms with van der Waals surface area (Å²) in [6, 6.07) is 15.5. The Kier molecular flexibility index (Phi) is 7.90. The lowest BCUT2D eigenvalue weighted by Crippen LogP contribution is -2.46. The Morgan fingerprint density at radius 1 is 1.03 bits per heavy atom. The largest absolute Gasteiger partial charge is 0.399 e. The van der Waals surface area contributed by atoms with Crippen LogP contribution in [0.1, 0.15) is 23.2 Å². The standard InChI is InChI=1S/C22H27N5OS.ClH/c23-18-9-7-17(8-10-18)22(28)24-11-3-4-12-26-13-15-27(16-14-26)21-19-5-1-2-6-20(19)29-25-21;/h1-2,5-10H,3-4,11-16,23H2,(H,24,28);1H. The van der Waals surface area contributed by atoms with Crippen molar-refractivity contribution >= 4 is 51.4 Å². The smallest absolute Gasteiger partial charge is 0.251 e. The van der Waals surface area contributed by atoms with Gasteiger partial charge in [-0.2, -0.15) is 4.37 Å². The quantitative estimate of drug-likeness (QED) is 0.429. The molecule has 1 aliphatic rings. The molecule has 2 aromatic carbocycles. The number of unbranched alkanes of at least 4 members (excludes halogenated alkanes) is 1. The van der Waals surface area contributed by atoms with Crippen molar-refractivity contribution in [3.63, 3.8) is 0 Å². The number of fused-ring (bicyclic) bond motifs is 1. The predicted molar refractivity (Wildman–Crippen MR) is 128 cm³/mol. The number of aromatic nitrogens is 1. The van der Waals surface area contributed by atoms with Crippen LogP contribution in [-0.2, 0) is 0 Å². The highest BCUT2D eigenvalue weighted by atomic mass is 35.5. The van der Waals surface area contributed by atoms with Gasteiger partial charge in [-0.25, -0.2) is 0 Å². The molecule has 0 unspecified atom stereocenters. The molecule has 1 fully saturated rings. The maximum absolute atomic E-state index is 12.1. The molecule has 0 aliphatic carbocycles. The van der Waals surface area contributed by atoms with Crippen molar-refractivity contribution in [2.75, 3.05) is 49.9 Å². The highest BCUT2D eigenvalue weighted by Crippen LogP contribution is 2.29. The van der Waals surface area contributed by atoms with Gasteiger partial charge >= 0.3 is 0 Å². The first-order valence-electron chi connectivity index (χ1n) is 10.2. The molecule has 1 amide bonds. The van der Waals surface area contributed by atoms with Crippen LogP contribution in [0.3, 0.4) is 0 Å². The predicted octanol–water partition coefficient (Wildman–Crippen LogP) is 3.63. The van der Waals surface area contributed by atoms with E-state index in [0.29, 0.717) is 17.8 Å². The summed E-state index contributed by atoms with van der Waals surface area (Å²) in [6.45, 7) is 5.92. The van der Waals surface area contributed by atoms with Gasteiger partial charge in [0, 0.05) is 49.4 Å². The first-order chi connectivity index (χ1) is 14.2. The van der Waals surface area contributed by atoms with E-state index in [1.807, 2.05) is 0 Å². The molecule has 0 saturated carbocycles. The van der Waals surface area contributed by atoms with Crippen LogP contribution in [0, 0.1) is 0 Å². The molecule has 1 aromatic heterocycles. The highest BCUT2D eigenvalue weighted by molar-refractivity contribution is 7.13. The third-order valence-electron chi connectivity index (χ3n) is 5.39. The van der Waals surface area contributed by atoms with Crippen LogP contribution >= 0.6 is 23.9 Å². The average Bonchev–Trinajstić information content (AvgIpc) is 3.18. The lowest BCUT2D eigenvalue weighted by molar-refractivity contribution is 0.0952. The molecule has 30 heavy (non-hydrogen) atoms. The molecule has 3 aromatic rings. The second-order valence-corrected chi connectivity index (χ2v) is 8.22. The van der Waals surface area contributed by atoms with Crippen molar-refractivity contribution in [1.82, 2.24) is 14.6 Å². The molecule has 0 radical (unpaired) electrons. The number of rotatable bonds is 7. The van der Waals surface area contributed by atoms with E-state index in [0.717, 1.165) is 51.4 Å². The van der Waals surface area contributed by atoms with Gasteiger partial charge in [-0.3, -0.25) is 9.69 Å². The average molecular weight is 446 g/mol. The van der Waals surface area contributed by atoms with Crippen LogP contribution in [0.15, 0.2) is 48.5 Å². The number of anilines is 2. The number of benzene rings is 2. The van der Waals surface area contributed by atoms with Crippen LogP contribution in [0.2, 0.25) is 0 Å². The third-order valence-corrected chi connectivity index (χ3v) is 6.21. The number of hydrogen-bond acceptors (Lipinski definition) is 6.